The van der Waals surface area contributed by atoms with Gasteiger partial charge in [-0.25, -0.2) is 0 Å². The third kappa shape index (κ3) is 5.71. The summed E-state index contributed by atoms with van der Waals surface area (Å²) in [6.07, 6.45) is 1.28. The van der Waals surface area contributed by atoms with Crippen molar-refractivity contribution in [3.63, 3.8) is 0 Å². The van der Waals surface area contributed by atoms with E-state index in [-0.39, 0.29) is 25.0 Å². The molecule has 33 heavy (non-hydrogen) atoms. The van der Waals surface area contributed by atoms with Gasteiger partial charge in [-0.05, 0) is 35.2 Å². The summed E-state index contributed by atoms with van der Waals surface area (Å²) in [5.41, 5.74) is 2.98. The van der Waals surface area contributed by atoms with Crippen LogP contribution in [0.3, 0.4) is 0 Å². The molecule has 6 heteroatoms. The molecular weight excluding hydrogens is 416 g/mol. The van der Waals surface area contributed by atoms with Crippen LogP contribution in [-0.4, -0.2) is 36.6 Å². The zero-order valence-electron chi connectivity index (χ0n) is 18.7. The molecule has 2 amide bonds. The van der Waals surface area contributed by atoms with Crippen molar-refractivity contribution in [2.24, 2.45) is 0 Å². The Morgan fingerprint density at radius 1 is 0.879 bits per heavy atom. The minimum Gasteiger partial charge on any atom is -0.454 e. The molecule has 6 nitrogen and oxygen atoms in total. The van der Waals surface area contributed by atoms with Crippen LogP contribution in [0.4, 0.5) is 0 Å². The third-order valence-electron chi connectivity index (χ3n) is 5.78. The van der Waals surface area contributed by atoms with Crippen molar-refractivity contribution >= 4 is 11.8 Å². The maximum absolute atomic E-state index is 13.5. The third-order valence-corrected chi connectivity index (χ3v) is 5.78. The Morgan fingerprint density at radius 2 is 1.55 bits per heavy atom. The molecule has 1 heterocycles. The van der Waals surface area contributed by atoms with Gasteiger partial charge in [-0.1, -0.05) is 66.7 Å². The van der Waals surface area contributed by atoms with Gasteiger partial charge in [0.25, 0.3) is 0 Å². The molecule has 0 bridgehead atoms. The van der Waals surface area contributed by atoms with E-state index in [4.69, 9.17) is 9.47 Å². The number of nitrogens with zero attached hydrogens (tertiary/aromatic N) is 1. The zero-order valence-corrected chi connectivity index (χ0v) is 18.7. The van der Waals surface area contributed by atoms with Crippen molar-refractivity contribution in [2.45, 2.75) is 31.8 Å². The Morgan fingerprint density at radius 3 is 2.24 bits per heavy atom. The standard InChI is InChI=1S/C27H28N2O4/c1-28-27(31)23(16-20-8-4-2-5-9-20)29(18-22-10-6-3-7-11-22)26(30)15-13-21-12-14-24-25(17-21)33-19-32-24/h2-12,14,17,23H,13,15-16,18-19H2,1H3,(H,28,31)/t23-/m1/s1. The van der Waals surface area contributed by atoms with Gasteiger partial charge in [0.15, 0.2) is 11.5 Å². The van der Waals surface area contributed by atoms with Gasteiger partial charge in [-0.15, -0.1) is 0 Å². The van der Waals surface area contributed by atoms with Crippen LogP contribution < -0.4 is 14.8 Å². The highest BCUT2D eigenvalue weighted by molar-refractivity contribution is 5.88. The first-order chi connectivity index (χ1) is 16.1. The SMILES string of the molecule is CNC(=O)[C@@H](Cc1ccccc1)N(Cc1ccccc1)C(=O)CCc1ccc2c(c1)OCO2. The van der Waals surface area contributed by atoms with Crippen molar-refractivity contribution in [1.29, 1.82) is 0 Å². The van der Waals surface area contributed by atoms with Gasteiger partial charge in [0.1, 0.15) is 6.04 Å². The van der Waals surface area contributed by atoms with Gasteiger partial charge in [-0.3, -0.25) is 9.59 Å². The number of ether oxygens (including phenoxy) is 2. The lowest BCUT2D eigenvalue weighted by molar-refractivity contribution is -0.141. The normalized spacial score (nSPS) is 12.8. The lowest BCUT2D eigenvalue weighted by atomic mass is 10.0. The quantitative estimate of drug-likeness (QED) is 0.546. The second kappa shape index (κ2) is 10.7. The largest absolute Gasteiger partial charge is 0.454 e. The summed E-state index contributed by atoms with van der Waals surface area (Å²) in [6.45, 7) is 0.585. The van der Waals surface area contributed by atoms with E-state index in [1.165, 1.54) is 0 Å². The molecule has 1 N–H and O–H groups in total. The van der Waals surface area contributed by atoms with E-state index >= 15 is 0 Å². The molecule has 0 spiro atoms. The van der Waals surface area contributed by atoms with Gasteiger partial charge in [0.2, 0.25) is 18.6 Å². The van der Waals surface area contributed by atoms with Crippen LogP contribution in [-0.2, 0) is 29.0 Å². The minimum absolute atomic E-state index is 0.0685. The smallest absolute Gasteiger partial charge is 0.242 e. The van der Waals surface area contributed by atoms with Crippen molar-refractivity contribution in [3.05, 3.63) is 95.6 Å². The van der Waals surface area contributed by atoms with E-state index in [1.807, 2.05) is 78.9 Å². The van der Waals surface area contributed by atoms with Crippen LogP contribution in [0.2, 0.25) is 0 Å². The fraction of sp³-hybridized carbons (Fsp3) is 0.259. The molecule has 0 aliphatic carbocycles. The molecule has 3 aromatic rings. The number of hydrogen-bond acceptors (Lipinski definition) is 4. The first kappa shape index (κ1) is 22.4. The summed E-state index contributed by atoms with van der Waals surface area (Å²) in [5.74, 6) is 1.18. The number of benzene rings is 3. The summed E-state index contributed by atoms with van der Waals surface area (Å²) >= 11 is 0. The summed E-state index contributed by atoms with van der Waals surface area (Å²) in [5, 5.41) is 2.75. The highest BCUT2D eigenvalue weighted by atomic mass is 16.7. The van der Waals surface area contributed by atoms with E-state index in [2.05, 4.69) is 5.32 Å². The van der Waals surface area contributed by atoms with E-state index < -0.39 is 6.04 Å². The van der Waals surface area contributed by atoms with Crippen LogP contribution in [0.5, 0.6) is 11.5 Å². The van der Waals surface area contributed by atoms with Gasteiger partial charge in [0.05, 0.1) is 0 Å². The lowest BCUT2D eigenvalue weighted by Gasteiger charge is -2.31. The molecular formula is C27H28N2O4. The van der Waals surface area contributed by atoms with Crippen LogP contribution in [0, 0.1) is 0 Å². The number of aryl methyl sites for hydroxylation is 1. The molecule has 4 rings (SSSR count). The molecule has 3 aromatic carbocycles. The highest BCUT2D eigenvalue weighted by Crippen LogP contribution is 2.32. The lowest BCUT2D eigenvalue weighted by Crippen LogP contribution is -2.49. The van der Waals surface area contributed by atoms with Gasteiger partial charge in [-0.2, -0.15) is 0 Å². The molecule has 0 aromatic heterocycles. The first-order valence-electron chi connectivity index (χ1n) is 11.1. The van der Waals surface area contributed by atoms with E-state index in [0.29, 0.717) is 25.1 Å². The molecule has 1 atom stereocenters. The fourth-order valence-electron chi connectivity index (χ4n) is 3.99. The van der Waals surface area contributed by atoms with Gasteiger partial charge in [0, 0.05) is 26.4 Å². The molecule has 0 saturated carbocycles. The Kier molecular flexibility index (Phi) is 7.25. The van der Waals surface area contributed by atoms with Crippen LogP contribution in [0.15, 0.2) is 78.9 Å². The average molecular weight is 445 g/mol. The van der Waals surface area contributed by atoms with E-state index in [0.717, 1.165) is 22.4 Å². The maximum Gasteiger partial charge on any atom is 0.242 e. The van der Waals surface area contributed by atoms with Crippen LogP contribution in [0.25, 0.3) is 0 Å². The first-order valence-corrected chi connectivity index (χ1v) is 11.1. The van der Waals surface area contributed by atoms with Crippen molar-refractivity contribution in [1.82, 2.24) is 10.2 Å². The minimum atomic E-state index is -0.609. The van der Waals surface area contributed by atoms with Gasteiger partial charge >= 0.3 is 0 Å². The van der Waals surface area contributed by atoms with E-state index in [9.17, 15) is 9.59 Å². The topological polar surface area (TPSA) is 67.9 Å². The molecule has 0 fully saturated rings. The number of nitrogens with one attached hydrogen (secondary N) is 1. The van der Waals surface area contributed by atoms with Gasteiger partial charge < -0.3 is 19.7 Å². The molecule has 0 unspecified atom stereocenters. The Labute approximate surface area is 194 Å². The second-order valence-electron chi connectivity index (χ2n) is 8.01. The maximum atomic E-state index is 13.5. The number of hydrogen-bond donors (Lipinski definition) is 1. The van der Waals surface area contributed by atoms with Crippen molar-refractivity contribution in [2.75, 3.05) is 13.8 Å². The van der Waals surface area contributed by atoms with Crippen molar-refractivity contribution < 1.29 is 19.1 Å². The number of fused-ring (bicyclic) bond motifs is 1. The van der Waals surface area contributed by atoms with Crippen LogP contribution >= 0.6 is 0 Å². The summed E-state index contributed by atoms with van der Waals surface area (Å²) < 4.78 is 10.8. The molecule has 1 aliphatic rings. The number of rotatable bonds is 9. The second-order valence-corrected chi connectivity index (χ2v) is 8.01. The highest BCUT2D eigenvalue weighted by Gasteiger charge is 2.29. The predicted octanol–water partition coefficient (Wildman–Crippen LogP) is 3.73. The summed E-state index contributed by atoms with van der Waals surface area (Å²) in [7, 11) is 1.61. The van der Waals surface area contributed by atoms with Crippen molar-refractivity contribution in [3.8, 4) is 11.5 Å². The molecule has 0 radical (unpaired) electrons. The molecule has 1 aliphatic heterocycles. The zero-order chi connectivity index (χ0) is 23.0. The fourth-order valence-corrected chi connectivity index (χ4v) is 3.99. The number of carbonyl (C=O) groups excluding carboxylic acids is 2. The number of amides is 2. The molecule has 0 saturated heterocycles. The Bertz CT molecular complexity index is 1090. The average Bonchev–Trinajstić information content (AvgIpc) is 3.33. The monoisotopic (exact) mass is 444 g/mol. The predicted molar refractivity (Wildman–Crippen MR) is 126 cm³/mol. The summed E-state index contributed by atoms with van der Waals surface area (Å²) in [4.78, 5) is 28.1. The number of carbonyl (C=O) groups is 2. The number of likely N-dealkylation sites (N-methyl/N-ethyl adjacent to an activating group) is 1. The van der Waals surface area contributed by atoms with Crippen LogP contribution in [0.1, 0.15) is 23.1 Å². The Balaban J connectivity index is 1.55. The summed E-state index contributed by atoms with van der Waals surface area (Å²) in [6, 6.07) is 24.7. The molecule has 170 valence electrons. The Hall–Kier alpha value is -3.80. The van der Waals surface area contributed by atoms with E-state index in [1.54, 1.807) is 11.9 Å².